The summed E-state index contributed by atoms with van der Waals surface area (Å²) in [7, 11) is 0. The van der Waals surface area contributed by atoms with Gasteiger partial charge in [0.25, 0.3) is 0 Å². The van der Waals surface area contributed by atoms with Crippen molar-refractivity contribution >= 4 is 28.3 Å². The van der Waals surface area contributed by atoms with Crippen molar-refractivity contribution in [3.8, 4) is 6.07 Å². The number of hydrogen-bond donors (Lipinski definition) is 0. The highest BCUT2D eigenvalue weighted by Crippen LogP contribution is 2.32. The molecule has 1 aromatic heterocycles. The Labute approximate surface area is 147 Å². The van der Waals surface area contributed by atoms with Gasteiger partial charge in [0, 0.05) is 30.1 Å². The van der Waals surface area contributed by atoms with Crippen molar-refractivity contribution in [2.75, 3.05) is 24.6 Å². The quantitative estimate of drug-likeness (QED) is 0.823. The van der Waals surface area contributed by atoms with Crippen molar-refractivity contribution in [1.29, 1.82) is 5.26 Å². The average Bonchev–Trinajstić information content (AvgIpc) is 3.15. The van der Waals surface area contributed by atoms with E-state index < -0.39 is 0 Å². The van der Waals surface area contributed by atoms with Crippen LogP contribution in [0.25, 0.3) is 10.9 Å². The summed E-state index contributed by atoms with van der Waals surface area (Å²) in [5, 5.41) is 10.9. The maximum absolute atomic E-state index is 9.48. The lowest BCUT2D eigenvalue weighted by molar-refractivity contribution is 0.0531. The van der Waals surface area contributed by atoms with Crippen LogP contribution in [0.3, 0.4) is 0 Å². The summed E-state index contributed by atoms with van der Waals surface area (Å²) in [5.41, 5.74) is 1.47. The molecule has 2 aliphatic rings. The van der Waals surface area contributed by atoms with Crippen LogP contribution in [-0.2, 0) is 4.74 Å². The molecule has 0 saturated carbocycles. The number of pyridine rings is 1. The lowest BCUT2D eigenvalue weighted by atomic mass is 9.90. The molecule has 4 nitrogen and oxygen atoms in total. The Kier molecular flexibility index (Phi) is 4.30. The van der Waals surface area contributed by atoms with E-state index in [1.807, 2.05) is 24.3 Å². The maximum atomic E-state index is 9.48. The van der Waals surface area contributed by atoms with Gasteiger partial charge in [-0.1, -0.05) is 11.6 Å². The Morgan fingerprint density at radius 3 is 2.75 bits per heavy atom. The lowest BCUT2D eigenvalue weighted by Gasteiger charge is -2.35. The lowest BCUT2D eigenvalue weighted by Crippen LogP contribution is -2.38. The standard InChI is InChI=1S/C19H20ClN3O/c20-15-3-4-17-16(11-15)14(12-21)10-19(22-17)23-7-5-13(6-8-23)18-2-1-9-24-18/h3-4,10-11,13,18H,1-2,5-9H2. The second kappa shape index (κ2) is 6.58. The highest BCUT2D eigenvalue weighted by molar-refractivity contribution is 6.31. The molecule has 124 valence electrons. The zero-order valence-corrected chi connectivity index (χ0v) is 14.3. The van der Waals surface area contributed by atoms with Crippen LogP contribution in [0.5, 0.6) is 0 Å². The minimum Gasteiger partial charge on any atom is -0.378 e. The molecule has 4 rings (SSSR count). The molecule has 3 heterocycles. The minimum atomic E-state index is 0.452. The SMILES string of the molecule is N#Cc1cc(N2CCC(C3CCCO3)CC2)nc2ccc(Cl)cc12. The van der Waals surface area contributed by atoms with E-state index in [4.69, 9.17) is 21.3 Å². The van der Waals surface area contributed by atoms with Crippen LogP contribution in [0.2, 0.25) is 5.02 Å². The van der Waals surface area contributed by atoms with E-state index >= 15 is 0 Å². The first-order chi connectivity index (χ1) is 11.7. The van der Waals surface area contributed by atoms with Gasteiger partial charge >= 0.3 is 0 Å². The normalized spacial score (nSPS) is 22.0. The summed E-state index contributed by atoms with van der Waals surface area (Å²) in [5.74, 6) is 1.56. The number of anilines is 1. The van der Waals surface area contributed by atoms with Crippen molar-refractivity contribution in [2.24, 2.45) is 5.92 Å². The van der Waals surface area contributed by atoms with Gasteiger partial charge in [-0.3, -0.25) is 0 Å². The average molecular weight is 342 g/mol. The first kappa shape index (κ1) is 15.7. The number of nitriles is 1. The Bertz CT molecular complexity index is 787. The van der Waals surface area contributed by atoms with Gasteiger partial charge in [-0.2, -0.15) is 5.26 Å². The topological polar surface area (TPSA) is 49.2 Å². The minimum absolute atomic E-state index is 0.452. The molecule has 0 N–H and O–H groups in total. The predicted octanol–water partition coefficient (Wildman–Crippen LogP) is 4.16. The van der Waals surface area contributed by atoms with Gasteiger partial charge in [-0.15, -0.1) is 0 Å². The van der Waals surface area contributed by atoms with E-state index in [2.05, 4.69) is 11.0 Å². The molecule has 0 radical (unpaired) electrons. The van der Waals surface area contributed by atoms with Crippen LogP contribution in [0.15, 0.2) is 24.3 Å². The summed E-state index contributed by atoms with van der Waals surface area (Å²) in [6.07, 6.45) is 5.12. The molecule has 2 aromatic rings. The second-order valence-corrected chi connectivity index (χ2v) is 7.11. The molecule has 0 bridgehead atoms. The molecular formula is C19H20ClN3O. The van der Waals surface area contributed by atoms with Crippen LogP contribution in [0.4, 0.5) is 5.82 Å². The van der Waals surface area contributed by atoms with Gasteiger partial charge in [-0.25, -0.2) is 4.98 Å². The highest BCUT2D eigenvalue weighted by Gasteiger charge is 2.30. The monoisotopic (exact) mass is 341 g/mol. The van der Waals surface area contributed by atoms with Crippen LogP contribution in [0, 0.1) is 17.2 Å². The van der Waals surface area contributed by atoms with Gasteiger partial charge in [0.1, 0.15) is 5.82 Å². The molecule has 2 saturated heterocycles. The number of halogens is 1. The number of piperidine rings is 1. The molecule has 0 amide bonds. The molecule has 1 aromatic carbocycles. The smallest absolute Gasteiger partial charge is 0.130 e. The Morgan fingerprint density at radius 2 is 2.04 bits per heavy atom. The van der Waals surface area contributed by atoms with E-state index in [0.29, 0.717) is 22.6 Å². The summed E-state index contributed by atoms with van der Waals surface area (Å²) >= 11 is 6.05. The van der Waals surface area contributed by atoms with Gasteiger partial charge in [0.05, 0.1) is 23.3 Å². The summed E-state index contributed by atoms with van der Waals surface area (Å²) in [6, 6.07) is 9.71. The number of rotatable bonds is 2. The van der Waals surface area contributed by atoms with E-state index in [1.54, 1.807) is 0 Å². The zero-order valence-electron chi connectivity index (χ0n) is 13.5. The predicted molar refractivity (Wildman–Crippen MR) is 95.4 cm³/mol. The molecule has 1 unspecified atom stereocenters. The number of nitrogens with zero attached hydrogens (tertiary/aromatic N) is 3. The molecular weight excluding hydrogens is 322 g/mol. The fraction of sp³-hybridized carbons (Fsp3) is 0.474. The number of aromatic nitrogens is 1. The van der Waals surface area contributed by atoms with Crippen LogP contribution >= 0.6 is 11.6 Å². The Morgan fingerprint density at radius 1 is 1.21 bits per heavy atom. The van der Waals surface area contributed by atoms with Gasteiger partial charge in [0.2, 0.25) is 0 Å². The summed E-state index contributed by atoms with van der Waals surface area (Å²) < 4.78 is 5.85. The third kappa shape index (κ3) is 2.94. The van der Waals surface area contributed by atoms with Crippen molar-refractivity contribution < 1.29 is 4.74 Å². The molecule has 0 aliphatic carbocycles. The van der Waals surface area contributed by atoms with Gasteiger partial charge < -0.3 is 9.64 Å². The van der Waals surface area contributed by atoms with Crippen LogP contribution < -0.4 is 4.90 Å². The third-order valence-corrected chi connectivity index (χ3v) is 5.47. The fourth-order valence-corrected chi connectivity index (χ4v) is 4.09. The Hall–Kier alpha value is -1.83. The largest absolute Gasteiger partial charge is 0.378 e. The van der Waals surface area contributed by atoms with Crippen molar-refractivity contribution in [3.05, 3.63) is 34.9 Å². The zero-order chi connectivity index (χ0) is 16.5. The van der Waals surface area contributed by atoms with E-state index in [0.717, 1.165) is 49.3 Å². The summed E-state index contributed by atoms with van der Waals surface area (Å²) in [4.78, 5) is 7.05. The molecule has 24 heavy (non-hydrogen) atoms. The third-order valence-electron chi connectivity index (χ3n) is 5.23. The van der Waals surface area contributed by atoms with Crippen molar-refractivity contribution in [3.63, 3.8) is 0 Å². The van der Waals surface area contributed by atoms with Crippen molar-refractivity contribution in [1.82, 2.24) is 4.98 Å². The number of hydrogen-bond acceptors (Lipinski definition) is 4. The van der Waals surface area contributed by atoms with Gasteiger partial charge in [-0.05, 0) is 55.9 Å². The van der Waals surface area contributed by atoms with Crippen LogP contribution in [0.1, 0.15) is 31.2 Å². The first-order valence-electron chi connectivity index (χ1n) is 8.61. The first-order valence-corrected chi connectivity index (χ1v) is 8.99. The highest BCUT2D eigenvalue weighted by atomic mass is 35.5. The summed E-state index contributed by atoms with van der Waals surface area (Å²) in [6.45, 7) is 2.87. The molecule has 5 heteroatoms. The second-order valence-electron chi connectivity index (χ2n) is 6.68. The number of fused-ring (bicyclic) bond motifs is 1. The fourth-order valence-electron chi connectivity index (χ4n) is 3.91. The maximum Gasteiger partial charge on any atom is 0.130 e. The van der Waals surface area contributed by atoms with E-state index in [-0.39, 0.29) is 0 Å². The number of ether oxygens (including phenoxy) is 1. The van der Waals surface area contributed by atoms with E-state index in [9.17, 15) is 5.26 Å². The van der Waals surface area contributed by atoms with Crippen LogP contribution in [-0.4, -0.2) is 30.8 Å². The van der Waals surface area contributed by atoms with Crippen molar-refractivity contribution in [2.45, 2.75) is 31.8 Å². The molecule has 2 fully saturated rings. The molecule has 2 aliphatic heterocycles. The number of benzene rings is 1. The molecule has 0 spiro atoms. The molecule has 1 atom stereocenters. The van der Waals surface area contributed by atoms with Gasteiger partial charge in [0.15, 0.2) is 0 Å². The Balaban J connectivity index is 1.56. The van der Waals surface area contributed by atoms with E-state index in [1.165, 1.54) is 12.8 Å².